The van der Waals surface area contributed by atoms with Gasteiger partial charge in [-0.05, 0) is 37.4 Å². The normalized spacial score (nSPS) is 11.1. The molecule has 0 saturated carbocycles. The van der Waals surface area contributed by atoms with E-state index in [0.717, 1.165) is 0 Å². The van der Waals surface area contributed by atoms with Crippen LogP contribution in [0.3, 0.4) is 0 Å². The van der Waals surface area contributed by atoms with E-state index in [1.807, 2.05) is 0 Å². The number of pyridine rings is 1. The van der Waals surface area contributed by atoms with Gasteiger partial charge in [0, 0.05) is 35.5 Å². The summed E-state index contributed by atoms with van der Waals surface area (Å²) in [4.78, 5) is 17.0. The van der Waals surface area contributed by atoms with Crippen molar-refractivity contribution in [1.82, 2.24) is 25.3 Å². The van der Waals surface area contributed by atoms with Crippen LogP contribution in [-0.2, 0) is 11.3 Å². The molecule has 0 aliphatic carbocycles. The summed E-state index contributed by atoms with van der Waals surface area (Å²) in [6.45, 7) is -0.0757. The van der Waals surface area contributed by atoms with E-state index in [1.54, 1.807) is 31.5 Å². The van der Waals surface area contributed by atoms with Gasteiger partial charge in [-0.2, -0.15) is 5.26 Å². The number of nitrogens with zero attached hydrogens (tertiary/aromatic N) is 5. The number of rotatable bonds is 9. The van der Waals surface area contributed by atoms with E-state index in [1.165, 1.54) is 35.2 Å². The molecule has 0 radical (unpaired) electrons. The molecule has 0 fully saturated rings. The van der Waals surface area contributed by atoms with Crippen LogP contribution in [0.25, 0.3) is 22.2 Å². The van der Waals surface area contributed by atoms with Gasteiger partial charge in [0.2, 0.25) is 5.91 Å². The molecule has 4 rings (SSSR count). The molecule has 12 heteroatoms. The topological polar surface area (TPSA) is 121 Å². The lowest BCUT2D eigenvalue weighted by Crippen LogP contribution is -2.11. The quantitative estimate of drug-likeness (QED) is 0.275. The highest BCUT2D eigenvalue weighted by Crippen LogP contribution is 2.36. The highest BCUT2D eigenvalue weighted by Gasteiger charge is 2.17. The summed E-state index contributed by atoms with van der Waals surface area (Å²) in [5, 5.41) is 27.1. The van der Waals surface area contributed by atoms with Crippen LogP contribution in [0.1, 0.15) is 5.56 Å². The summed E-state index contributed by atoms with van der Waals surface area (Å²) < 4.78 is 27.8. The smallest absolute Gasteiger partial charge is 0.248 e. The number of halogens is 3. The minimum Gasteiger partial charge on any atom is -0.354 e. The first kappa shape index (κ1) is 25.7. The third-order valence-electron chi connectivity index (χ3n) is 5.29. The van der Waals surface area contributed by atoms with Gasteiger partial charge >= 0.3 is 0 Å². The Balaban J connectivity index is 1.86. The van der Waals surface area contributed by atoms with E-state index in [0.29, 0.717) is 45.8 Å². The van der Waals surface area contributed by atoms with Crippen LogP contribution in [-0.4, -0.2) is 46.2 Å². The first-order chi connectivity index (χ1) is 17.9. The molecule has 0 aliphatic heterocycles. The Labute approximate surface area is 215 Å². The second-order valence-corrected chi connectivity index (χ2v) is 8.24. The van der Waals surface area contributed by atoms with E-state index < -0.39 is 18.4 Å². The molecule has 0 atom stereocenters. The molecule has 188 valence electrons. The number of likely N-dealkylation sites (N-methyl/N-ethyl adjacent to an activating group) is 1. The molecule has 2 aromatic carbocycles. The highest BCUT2D eigenvalue weighted by molar-refractivity contribution is 6.31. The van der Waals surface area contributed by atoms with Crippen LogP contribution in [0.5, 0.6) is 0 Å². The maximum atomic E-state index is 13.7. The molecule has 0 saturated heterocycles. The number of alkyl halides is 1. The summed E-state index contributed by atoms with van der Waals surface area (Å²) in [6, 6.07) is 9.54. The number of benzene rings is 2. The minimum atomic E-state index is -0.610. The molecule has 2 aromatic heterocycles. The molecule has 9 nitrogen and oxygen atoms in total. The average molecular weight is 523 g/mol. The fourth-order valence-corrected chi connectivity index (χ4v) is 3.75. The van der Waals surface area contributed by atoms with Crippen molar-refractivity contribution in [3.8, 4) is 17.3 Å². The molecule has 0 spiro atoms. The number of aromatic nitrogens is 4. The molecule has 0 bridgehead atoms. The van der Waals surface area contributed by atoms with Crippen LogP contribution < -0.4 is 16.0 Å². The summed E-state index contributed by atoms with van der Waals surface area (Å²) in [6.07, 6.45) is 6.01. The van der Waals surface area contributed by atoms with Gasteiger partial charge in [0.1, 0.15) is 24.3 Å². The summed E-state index contributed by atoms with van der Waals surface area (Å²) in [5.74, 6) is -0.967. The number of fused-ring (bicyclic) bond motifs is 1. The molecule has 2 heterocycles. The standard InChI is InChI=1S/C25H21ClF2N8O/c1-30-7-2-3-24(37)33-22-11-18-21(10-17(22)23-14-36(8-6-27)35-34-23)31-13-15(12-29)25(18)32-16-4-5-20(28)19(26)9-16/h2-5,9-11,13-14,30H,6-8H2,1H3,(H,31,32)(H,33,37). The van der Waals surface area contributed by atoms with Crippen LogP contribution >= 0.6 is 11.6 Å². The third-order valence-corrected chi connectivity index (χ3v) is 5.58. The zero-order valence-electron chi connectivity index (χ0n) is 19.6. The number of hydrogen-bond donors (Lipinski definition) is 3. The summed E-state index contributed by atoms with van der Waals surface area (Å²) in [5.41, 5.74) is 2.82. The Morgan fingerprint density at radius 2 is 2.14 bits per heavy atom. The van der Waals surface area contributed by atoms with Crippen LogP contribution in [0, 0.1) is 17.1 Å². The highest BCUT2D eigenvalue weighted by atomic mass is 35.5. The van der Waals surface area contributed by atoms with Crippen molar-refractivity contribution in [2.75, 3.05) is 30.9 Å². The SMILES string of the molecule is CNCC=CC(=O)Nc1cc2c(Nc3ccc(F)c(Cl)c3)c(C#N)cnc2cc1-c1cn(CCF)nn1. The fourth-order valence-electron chi connectivity index (χ4n) is 3.57. The van der Waals surface area contributed by atoms with Gasteiger partial charge in [-0.3, -0.25) is 9.78 Å². The molecule has 4 aromatic rings. The van der Waals surface area contributed by atoms with Crippen LogP contribution in [0.2, 0.25) is 5.02 Å². The van der Waals surface area contributed by atoms with Gasteiger partial charge in [-0.25, -0.2) is 13.5 Å². The van der Waals surface area contributed by atoms with Crippen LogP contribution in [0.15, 0.2) is 54.9 Å². The summed E-state index contributed by atoms with van der Waals surface area (Å²) in [7, 11) is 1.76. The van der Waals surface area contributed by atoms with Gasteiger partial charge < -0.3 is 16.0 Å². The van der Waals surface area contributed by atoms with Gasteiger partial charge in [-0.1, -0.05) is 22.9 Å². The molecule has 1 amide bonds. The lowest BCUT2D eigenvalue weighted by atomic mass is 10.0. The number of carbonyl (C=O) groups excluding carboxylic acids is 1. The second kappa shape index (κ2) is 11.6. The van der Waals surface area contributed by atoms with Crippen LogP contribution in [0.4, 0.5) is 25.8 Å². The second-order valence-electron chi connectivity index (χ2n) is 7.83. The van der Waals surface area contributed by atoms with Crippen molar-refractivity contribution in [3.63, 3.8) is 0 Å². The first-order valence-corrected chi connectivity index (χ1v) is 11.5. The molecule has 0 aliphatic rings. The Bertz CT molecular complexity index is 1530. The van der Waals surface area contributed by atoms with Crippen molar-refractivity contribution in [2.24, 2.45) is 0 Å². The number of carbonyl (C=O) groups is 1. The van der Waals surface area contributed by atoms with Crippen molar-refractivity contribution < 1.29 is 13.6 Å². The molecular formula is C25H21ClF2N8O. The maximum Gasteiger partial charge on any atom is 0.248 e. The average Bonchev–Trinajstić information content (AvgIpc) is 3.35. The first-order valence-electron chi connectivity index (χ1n) is 11.1. The molecule has 3 N–H and O–H groups in total. The van der Waals surface area contributed by atoms with Gasteiger partial charge in [0.05, 0.1) is 40.2 Å². The predicted octanol–water partition coefficient (Wildman–Crippen LogP) is 4.58. The molecular weight excluding hydrogens is 502 g/mol. The Kier molecular flexibility index (Phi) is 8.02. The van der Waals surface area contributed by atoms with E-state index >= 15 is 0 Å². The number of nitriles is 1. The lowest BCUT2D eigenvalue weighted by Gasteiger charge is -2.15. The minimum absolute atomic E-state index is 0.0348. The Hall–Kier alpha value is -4.40. The van der Waals surface area contributed by atoms with Gasteiger partial charge in [-0.15, -0.1) is 5.10 Å². The monoisotopic (exact) mass is 522 g/mol. The maximum absolute atomic E-state index is 13.7. The number of anilines is 3. The number of aryl methyl sites for hydroxylation is 1. The van der Waals surface area contributed by atoms with E-state index in [2.05, 4.69) is 37.3 Å². The van der Waals surface area contributed by atoms with Crippen molar-refractivity contribution >= 4 is 45.5 Å². The van der Waals surface area contributed by atoms with Crippen molar-refractivity contribution in [2.45, 2.75) is 6.54 Å². The fraction of sp³-hybridized carbons (Fsp3) is 0.160. The van der Waals surface area contributed by atoms with E-state index in [4.69, 9.17) is 11.6 Å². The third kappa shape index (κ3) is 5.88. The lowest BCUT2D eigenvalue weighted by molar-refractivity contribution is -0.111. The van der Waals surface area contributed by atoms with E-state index in [9.17, 15) is 18.8 Å². The Morgan fingerprint density at radius 1 is 1.30 bits per heavy atom. The number of hydrogen-bond acceptors (Lipinski definition) is 7. The predicted molar refractivity (Wildman–Crippen MR) is 138 cm³/mol. The molecule has 37 heavy (non-hydrogen) atoms. The van der Waals surface area contributed by atoms with Gasteiger partial charge in [0.25, 0.3) is 0 Å². The number of amides is 1. The van der Waals surface area contributed by atoms with Gasteiger partial charge in [0.15, 0.2) is 0 Å². The molecule has 0 unspecified atom stereocenters. The summed E-state index contributed by atoms with van der Waals surface area (Å²) >= 11 is 5.93. The zero-order valence-corrected chi connectivity index (χ0v) is 20.4. The Morgan fingerprint density at radius 3 is 2.86 bits per heavy atom. The van der Waals surface area contributed by atoms with Crippen molar-refractivity contribution in [3.05, 3.63) is 71.3 Å². The zero-order chi connectivity index (χ0) is 26.4. The number of nitrogens with one attached hydrogen (secondary N) is 3. The van der Waals surface area contributed by atoms with Crippen molar-refractivity contribution in [1.29, 1.82) is 5.26 Å². The largest absolute Gasteiger partial charge is 0.354 e. The van der Waals surface area contributed by atoms with E-state index in [-0.39, 0.29) is 17.1 Å².